The van der Waals surface area contributed by atoms with Crippen LogP contribution in [0.4, 0.5) is 0 Å². The average Bonchev–Trinajstić information content (AvgIpc) is 2.83. The second-order valence-electron chi connectivity index (χ2n) is 3.92. The number of halogens is 2. The first-order valence-electron chi connectivity index (χ1n) is 5.66. The third-order valence-corrected chi connectivity index (χ3v) is 3.61. The molecule has 0 fully saturated rings. The molecular formula is C14H12Cl2O2. The molecule has 0 saturated carbocycles. The number of furan rings is 1. The van der Waals surface area contributed by atoms with Crippen LogP contribution in [0, 0.1) is 0 Å². The number of Topliss-reactive ketones (excluding diaryl/α,β-unsaturated/α-hetero) is 1. The van der Waals surface area contributed by atoms with Crippen molar-refractivity contribution in [3.05, 3.63) is 57.5 Å². The van der Waals surface area contributed by atoms with Crippen molar-refractivity contribution in [2.24, 2.45) is 0 Å². The number of benzene rings is 1. The number of ketones is 1. The van der Waals surface area contributed by atoms with Gasteiger partial charge in [-0.25, -0.2) is 0 Å². The van der Waals surface area contributed by atoms with E-state index in [1.807, 2.05) is 6.92 Å². The number of hydrogen-bond acceptors (Lipinski definition) is 2. The molecule has 2 aromatic rings. The van der Waals surface area contributed by atoms with Crippen LogP contribution < -0.4 is 0 Å². The maximum Gasteiger partial charge on any atom is 0.170 e. The van der Waals surface area contributed by atoms with E-state index in [0.717, 1.165) is 5.56 Å². The summed E-state index contributed by atoms with van der Waals surface area (Å²) >= 11 is 12.0. The molecule has 94 valence electrons. The highest BCUT2D eigenvalue weighted by atomic mass is 35.5. The van der Waals surface area contributed by atoms with Crippen molar-refractivity contribution >= 4 is 29.0 Å². The monoisotopic (exact) mass is 282 g/mol. The minimum atomic E-state index is -0.00948. The van der Waals surface area contributed by atoms with E-state index in [-0.39, 0.29) is 12.2 Å². The third-order valence-electron chi connectivity index (χ3n) is 2.75. The summed E-state index contributed by atoms with van der Waals surface area (Å²) in [6, 6.07) is 6.98. The molecule has 18 heavy (non-hydrogen) atoms. The van der Waals surface area contributed by atoms with Gasteiger partial charge in [0.25, 0.3) is 0 Å². The zero-order valence-electron chi connectivity index (χ0n) is 9.87. The van der Waals surface area contributed by atoms with E-state index in [9.17, 15) is 4.79 Å². The molecule has 0 atom stereocenters. The molecule has 0 bridgehead atoms. The van der Waals surface area contributed by atoms with Gasteiger partial charge in [0.2, 0.25) is 0 Å². The molecule has 0 amide bonds. The Bertz CT molecular complexity index is 573. The normalized spacial score (nSPS) is 10.6. The van der Waals surface area contributed by atoms with Gasteiger partial charge in [0.15, 0.2) is 5.78 Å². The van der Waals surface area contributed by atoms with Crippen LogP contribution in [-0.2, 0) is 12.8 Å². The number of carbonyl (C=O) groups excluding carboxylic acids is 1. The smallest absolute Gasteiger partial charge is 0.170 e. The first-order chi connectivity index (χ1) is 8.63. The van der Waals surface area contributed by atoms with E-state index in [1.54, 1.807) is 24.3 Å². The van der Waals surface area contributed by atoms with Gasteiger partial charge in [-0.05, 0) is 17.7 Å². The van der Waals surface area contributed by atoms with Crippen LogP contribution >= 0.6 is 23.2 Å². The minimum absolute atomic E-state index is 0.00948. The Balaban J connectivity index is 2.24. The van der Waals surface area contributed by atoms with Gasteiger partial charge >= 0.3 is 0 Å². The van der Waals surface area contributed by atoms with Crippen molar-refractivity contribution < 1.29 is 9.21 Å². The lowest BCUT2D eigenvalue weighted by atomic mass is 10.0. The van der Waals surface area contributed by atoms with Gasteiger partial charge in [0.1, 0.15) is 5.76 Å². The number of hydrogen-bond donors (Lipinski definition) is 0. The highest BCUT2D eigenvalue weighted by Crippen LogP contribution is 2.27. The van der Waals surface area contributed by atoms with E-state index >= 15 is 0 Å². The molecule has 2 rings (SSSR count). The predicted octanol–water partition coefficient (Wildman–Crippen LogP) is 4.57. The Morgan fingerprint density at radius 3 is 2.78 bits per heavy atom. The first-order valence-corrected chi connectivity index (χ1v) is 6.41. The lowest BCUT2D eigenvalue weighted by Gasteiger charge is -2.05. The van der Waals surface area contributed by atoms with Crippen LogP contribution in [0.3, 0.4) is 0 Å². The van der Waals surface area contributed by atoms with E-state index < -0.39 is 0 Å². The summed E-state index contributed by atoms with van der Waals surface area (Å²) in [5, 5.41) is 0.902. The quantitative estimate of drug-likeness (QED) is 0.769. The Morgan fingerprint density at radius 2 is 2.06 bits per heavy atom. The SMILES string of the molecule is CCc1occc1C(=O)Cc1cccc(Cl)c1Cl. The van der Waals surface area contributed by atoms with Gasteiger partial charge in [0, 0.05) is 12.8 Å². The molecule has 1 aromatic carbocycles. The zero-order valence-corrected chi connectivity index (χ0v) is 11.4. The topological polar surface area (TPSA) is 30.2 Å². The summed E-state index contributed by atoms with van der Waals surface area (Å²) in [6.07, 6.45) is 2.45. The van der Waals surface area contributed by atoms with Crippen molar-refractivity contribution in [1.82, 2.24) is 0 Å². The van der Waals surface area contributed by atoms with Gasteiger partial charge in [0.05, 0.1) is 21.9 Å². The molecule has 0 unspecified atom stereocenters. The lowest BCUT2D eigenvalue weighted by Crippen LogP contribution is -2.05. The average molecular weight is 283 g/mol. The zero-order chi connectivity index (χ0) is 13.1. The molecule has 4 heteroatoms. The van der Waals surface area contributed by atoms with Crippen molar-refractivity contribution in [2.45, 2.75) is 19.8 Å². The van der Waals surface area contributed by atoms with E-state index in [2.05, 4.69) is 0 Å². The molecule has 0 aliphatic rings. The van der Waals surface area contributed by atoms with Gasteiger partial charge < -0.3 is 4.42 Å². The van der Waals surface area contributed by atoms with Crippen molar-refractivity contribution in [1.29, 1.82) is 0 Å². The second-order valence-corrected chi connectivity index (χ2v) is 4.71. The van der Waals surface area contributed by atoms with Gasteiger partial charge in [-0.15, -0.1) is 0 Å². The Morgan fingerprint density at radius 1 is 1.28 bits per heavy atom. The molecule has 0 aliphatic carbocycles. The summed E-state index contributed by atoms with van der Waals surface area (Å²) in [5.41, 5.74) is 1.35. The van der Waals surface area contributed by atoms with Crippen molar-refractivity contribution in [3.63, 3.8) is 0 Å². The molecule has 2 nitrogen and oxygen atoms in total. The van der Waals surface area contributed by atoms with Crippen LogP contribution in [0.1, 0.15) is 28.6 Å². The number of carbonyl (C=O) groups is 1. The predicted molar refractivity (Wildman–Crippen MR) is 72.6 cm³/mol. The van der Waals surface area contributed by atoms with Crippen LogP contribution in [-0.4, -0.2) is 5.78 Å². The molecule has 1 aromatic heterocycles. The number of rotatable bonds is 4. The van der Waals surface area contributed by atoms with Crippen molar-refractivity contribution in [3.8, 4) is 0 Å². The minimum Gasteiger partial charge on any atom is -0.469 e. The summed E-state index contributed by atoms with van der Waals surface area (Å²) < 4.78 is 5.25. The third kappa shape index (κ3) is 2.60. The van der Waals surface area contributed by atoms with Crippen LogP contribution in [0.25, 0.3) is 0 Å². The van der Waals surface area contributed by atoms with E-state index in [4.69, 9.17) is 27.6 Å². The second kappa shape index (κ2) is 5.59. The molecule has 1 heterocycles. The molecule has 0 N–H and O–H groups in total. The van der Waals surface area contributed by atoms with E-state index in [1.165, 1.54) is 6.26 Å². The highest BCUT2D eigenvalue weighted by molar-refractivity contribution is 6.42. The number of aryl methyl sites for hydroxylation is 1. The van der Waals surface area contributed by atoms with Gasteiger partial charge in [-0.1, -0.05) is 42.3 Å². The largest absolute Gasteiger partial charge is 0.469 e. The Hall–Kier alpha value is -1.25. The fourth-order valence-electron chi connectivity index (χ4n) is 1.82. The summed E-state index contributed by atoms with van der Waals surface area (Å²) in [5.74, 6) is 0.697. The van der Waals surface area contributed by atoms with E-state index in [0.29, 0.717) is 27.8 Å². The molecular weight excluding hydrogens is 271 g/mol. The standard InChI is InChI=1S/C14H12Cl2O2/c1-2-13-10(6-7-18-13)12(17)8-9-4-3-5-11(15)14(9)16/h3-7H,2,8H2,1H3. The lowest BCUT2D eigenvalue weighted by molar-refractivity contribution is 0.0991. The van der Waals surface area contributed by atoms with Gasteiger partial charge in [-0.2, -0.15) is 0 Å². The van der Waals surface area contributed by atoms with Crippen LogP contribution in [0.15, 0.2) is 34.9 Å². The highest BCUT2D eigenvalue weighted by Gasteiger charge is 2.15. The molecule has 0 saturated heterocycles. The first kappa shape index (κ1) is 13.2. The fourth-order valence-corrected chi connectivity index (χ4v) is 2.20. The fraction of sp³-hybridized carbons (Fsp3) is 0.214. The van der Waals surface area contributed by atoms with Crippen LogP contribution in [0.2, 0.25) is 10.0 Å². The molecule has 0 radical (unpaired) electrons. The Kier molecular flexibility index (Phi) is 4.10. The maximum atomic E-state index is 12.2. The molecule has 0 aliphatic heterocycles. The molecule has 0 spiro atoms. The van der Waals surface area contributed by atoms with Gasteiger partial charge in [-0.3, -0.25) is 4.79 Å². The summed E-state index contributed by atoms with van der Waals surface area (Å²) in [6.45, 7) is 1.95. The van der Waals surface area contributed by atoms with Crippen LogP contribution in [0.5, 0.6) is 0 Å². The maximum absolute atomic E-state index is 12.2. The Labute approximate surface area is 116 Å². The summed E-state index contributed by atoms with van der Waals surface area (Å²) in [4.78, 5) is 12.2. The summed E-state index contributed by atoms with van der Waals surface area (Å²) in [7, 11) is 0. The van der Waals surface area contributed by atoms with Crippen molar-refractivity contribution in [2.75, 3.05) is 0 Å².